The maximum Gasteiger partial charge on any atom is 0.459 e. The van der Waals surface area contributed by atoms with Gasteiger partial charge in [0.2, 0.25) is 0 Å². The summed E-state index contributed by atoms with van der Waals surface area (Å²) in [6.45, 7) is 3.29. The number of esters is 1. The molecule has 2 aromatic heterocycles. The molecule has 15 heteroatoms. The van der Waals surface area contributed by atoms with Crippen LogP contribution in [0.3, 0.4) is 0 Å². The highest BCUT2D eigenvalue weighted by Crippen LogP contribution is 2.48. The fourth-order valence-corrected chi connectivity index (χ4v) is 6.58. The van der Waals surface area contributed by atoms with Crippen LogP contribution in [0.2, 0.25) is 0 Å². The maximum absolute atomic E-state index is 14.0. The van der Waals surface area contributed by atoms with E-state index in [2.05, 4.69) is 32.9 Å². The number of terminal acetylenes is 1. The summed E-state index contributed by atoms with van der Waals surface area (Å²) in [5, 5.41) is 13.6. The molecular weight excluding hydrogens is 618 g/mol. The minimum atomic E-state index is -4.32. The second kappa shape index (κ2) is 16.3. The van der Waals surface area contributed by atoms with Crippen LogP contribution in [-0.2, 0) is 23.4 Å². The van der Waals surface area contributed by atoms with Crippen LogP contribution in [0, 0.1) is 18.4 Å². The standard InChI is InChI=1S/C31H42FN6O7P/c1-4-6-7-8-9-10-11-15-18-42-29(40)22(3)37-46(41,45-23-16-13-12-14-17-23)43-20-31(5-2)24(39)19-25(44-31)38-21-34-26-27(33)35-30(32)36-28(26)38/h2,12-14,16-17,21-22,24-25,39H,4,6-11,15,18-20H2,1,3H3,(H,37,41)(H2,33,35,36)/t22-,24-,25+,31+,46-/m0/s1. The number of halogens is 1. The molecule has 1 aromatic carbocycles. The number of nitrogen functional groups attached to an aromatic ring is 1. The van der Waals surface area contributed by atoms with E-state index in [1.54, 1.807) is 30.3 Å². The first kappa shape index (κ1) is 35.3. The second-order valence-electron chi connectivity index (χ2n) is 11.2. The van der Waals surface area contributed by atoms with Crippen molar-refractivity contribution in [1.82, 2.24) is 24.6 Å². The van der Waals surface area contributed by atoms with Gasteiger partial charge in [0.05, 0.1) is 12.9 Å². The van der Waals surface area contributed by atoms with Gasteiger partial charge in [-0.1, -0.05) is 76.0 Å². The van der Waals surface area contributed by atoms with Crippen LogP contribution >= 0.6 is 7.75 Å². The van der Waals surface area contributed by atoms with E-state index < -0.39 is 50.4 Å². The van der Waals surface area contributed by atoms with Gasteiger partial charge in [-0.3, -0.25) is 13.9 Å². The molecular formula is C31H42FN6O7P. The van der Waals surface area contributed by atoms with Crippen molar-refractivity contribution < 1.29 is 37.4 Å². The number of nitrogens with zero attached hydrogens (tertiary/aromatic N) is 4. The van der Waals surface area contributed by atoms with Crippen molar-refractivity contribution in [3.8, 4) is 18.1 Å². The molecule has 0 radical (unpaired) electrons. The topological polar surface area (TPSA) is 173 Å². The van der Waals surface area contributed by atoms with Crippen molar-refractivity contribution in [3.63, 3.8) is 0 Å². The van der Waals surface area contributed by atoms with E-state index in [9.17, 15) is 18.9 Å². The largest absolute Gasteiger partial charge is 0.465 e. The molecule has 0 saturated carbocycles. The van der Waals surface area contributed by atoms with E-state index in [0.29, 0.717) is 0 Å². The van der Waals surface area contributed by atoms with Gasteiger partial charge in [-0.05, 0) is 25.5 Å². The number of carbonyl (C=O) groups is 1. The monoisotopic (exact) mass is 660 g/mol. The van der Waals surface area contributed by atoms with Crippen LogP contribution in [0.15, 0.2) is 36.7 Å². The molecule has 0 unspecified atom stereocenters. The summed E-state index contributed by atoms with van der Waals surface area (Å²) in [5.74, 6) is 1.80. The Morgan fingerprint density at radius 3 is 2.63 bits per heavy atom. The Morgan fingerprint density at radius 2 is 1.93 bits per heavy atom. The first-order chi connectivity index (χ1) is 22.1. The number of fused-ring (bicyclic) bond motifs is 1. The Balaban J connectivity index is 1.40. The molecule has 4 N–H and O–H groups in total. The zero-order chi connectivity index (χ0) is 33.2. The molecule has 3 aromatic rings. The van der Waals surface area contributed by atoms with Crippen LogP contribution in [-0.4, -0.2) is 61.6 Å². The van der Waals surface area contributed by atoms with Crippen molar-refractivity contribution in [2.24, 2.45) is 0 Å². The Labute approximate surface area is 268 Å². The second-order valence-corrected chi connectivity index (χ2v) is 12.9. The van der Waals surface area contributed by atoms with Crippen LogP contribution in [0.1, 0.15) is 77.9 Å². The lowest BCUT2D eigenvalue weighted by Crippen LogP contribution is -2.43. The van der Waals surface area contributed by atoms with Gasteiger partial charge < -0.3 is 24.8 Å². The predicted molar refractivity (Wildman–Crippen MR) is 169 cm³/mol. The number of carbonyl (C=O) groups excluding carboxylic acids is 1. The van der Waals surface area contributed by atoms with Gasteiger partial charge in [0.1, 0.15) is 30.7 Å². The minimum absolute atomic E-state index is 0.0370. The van der Waals surface area contributed by atoms with Crippen molar-refractivity contribution in [2.75, 3.05) is 18.9 Å². The van der Waals surface area contributed by atoms with Crippen molar-refractivity contribution in [2.45, 2.75) is 95.6 Å². The Bertz CT molecular complexity index is 1540. The number of ether oxygens (including phenoxy) is 2. The number of aliphatic hydroxyl groups excluding tert-OH is 1. The first-order valence-corrected chi connectivity index (χ1v) is 17.1. The number of anilines is 1. The van der Waals surface area contributed by atoms with E-state index in [1.165, 1.54) is 43.5 Å². The summed E-state index contributed by atoms with van der Waals surface area (Å²) >= 11 is 0. The molecule has 1 saturated heterocycles. The van der Waals surface area contributed by atoms with E-state index in [-0.39, 0.29) is 35.8 Å². The van der Waals surface area contributed by atoms with Gasteiger partial charge >= 0.3 is 19.8 Å². The third-order valence-corrected chi connectivity index (χ3v) is 9.27. The highest BCUT2D eigenvalue weighted by atomic mass is 31.2. The number of unbranched alkanes of at least 4 members (excludes halogenated alkanes) is 7. The minimum Gasteiger partial charge on any atom is -0.465 e. The van der Waals surface area contributed by atoms with Gasteiger partial charge in [-0.25, -0.2) is 9.55 Å². The zero-order valence-corrected chi connectivity index (χ0v) is 27.0. The number of imidazole rings is 1. The molecule has 13 nitrogen and oxygen atoms in total. The van der Waals surface area contributed by atoms with E-state index in [4.69, 9.17) is 30.7 Å². The number of para-hydroxylation sites is 1. The molecule has 0 spiro atoms. The van der Waals surface area contributed by atoms with Gasteiger partial charge in [0.15, 0.2) is 22.6 Å². The molecule has 1 aliphatic heterocycles. The fraction of sp³-hybridized carbons (Fsp3) is 0.548. The normalized spacial score (nSPS) is 21.5. The summed E-state index contributed by atoms with van der Waals surface area (Å²) in [5.41, 5.74) is 4.13. The summed E-state index contributed by atoms with van der Waals surface area (Å²) in [4.78, 5) is 24.1. The smallest absolute Gasteiger partial charge is 0.459 e. The molecule has 1 aliphatic rings. The Hall–Kier alpha value is -3.60. The molecule has 4 rings (SSSR count). The zero-order valence-electron chi connectivity index (χ0n) is 26.1. The summed E-state index contributed by atoms with van der Waals surface area (Å²) < 4.78 is 52.2. The average Bonchev–Trinajstić information content (AvgIpc) is 3.60. The molecule has 1 fully saturated rings. The SMILES string of the molecule is C#C[C@]1(CO[P@@](=O)(N[C@@H](C)C(=O)OCCCCCCCCCC)Oc2ccccc2)O[C@@H](n2cnc3c(N)nc(F)nc32)C[C@@H]1O. The van der Waals surface area contributed by atoms with Crippen molar-refractivity contribution >= 4 is 30.7 Å². The number of aliphatic hydroxyl groups is 1. The summed E-state index contributed by atoms with van der Waals surface area (Å²) in [6.07, 6.45) is 12.5. The van der Waals surface area contributed by atoms with Crippen LogP contribution in [0.25, 0.3) is 11.2 Å². The lowest BCUT2D eigenvalue weighted by Gasteiger charge is -2.29. The molecule has 250 valence electrons. The lowest BCUT2D eigenvalue weighted by atomic mass is 9.99. The quantitative estimate of drug-likeness (QED) is 0.0545. The van der Waals surface area contributed by atoms with Gasteiger partial charge in [0, 0.05) is 6.42 Å². The van der Waals surface area contributed by atoms with Crippen molar-refractivity contribution in [1.29, 1.82) is 0 Å². The van der Waals surface area contributed by atoms with Crippen LogP contribution in [0.5, 0.6) is 5.75 Å². The molecule has 3 heterocycles. The van der Waals surface area contributed by atoms with Crippen molar-refractivity contribution in [3.05, 3.63) is 42.7 Å². The third-order valence-electron chi connectivity index (χ3n) is 7.65. The highest BCUT2D eigenvalue weighted by Gasteiger charge is 2.50. The fourth-order valence-electron chi connectivity index (χ4n) is 5.06. The van der Waals surface area contributed by atoms with Crippen LogP contribution < -0.4 is 15.3 Å². The maximum atomic E-state index is 14.0. The number of hydrogen-bond acceptors (Lipinski definition) is 11. The molecule has 0 aliphatic carbocycles. The first-order valence-electron chi connectivity index (χ1n) is 15.5. The van der Waals surface area contributed by atoms with Gasteiger partial charge in [-0.2, -0.15) is 19.4 Å². The predicted octanol–water partition coefficient (Wildman–Crippen LogP) is 5.07. The lowest BCUT2D eigenvalue weighted by molar-refractivity contribution is -0.145. The van der Waals surface area contributed by atoms with E-state index >= 15 is 0 Å². The van der Waals surface area contributed by atoms with Crippen LogP contribution in [0.4, 0.5) is 10.2 Å². The number of nitrogens with one attached hydrogen (secondary N) is 1. The number of aromatic nitrogens is 4. The molecule has 0 bridgehead atoms. The highest BCUT2D eigenvalue weighted by molar-refractivity contribution is 7.52. The average molecular weight is 661 g/mol. The number of benzene rings is 1. The number of nitrogens with two attached hydrogens (primary N) is 1. The van der Waals surface area contributed by atoms with E-state index in [1.807, 2.05) is 0 Å². The Kier molecular flexibility index (Phi) is 12.5. The molecule has 46 heavy (non-hydrogen) atoms. The van der Waals surface area contributed by atoms with Gasteiger partial charge in [-0.15, -0.1) is 6.42 Å². The Morgan fingerprint density at radius 1 is 1.24 bits per heavy atom. The summed E-state index contributed by atoms with van der Waals surface area (Å²) in [6, 6.07) is 7.14. The molecule has 0 amide bonds. The van der Waals surface area contributed by atoms with E-state index in [0.717, 1.165) is 25.7 Å². The number of rotatable bonds is 18. The number of hydrogen-bond donors (Lipinski definition) is 3. The third kappa shape index (κ3) is 9.02. The summed E-state index contributed by atoms with van der Waals surface area (Å²) in [7, 11) is -4.32. The van der Waals surface area contributed by atoms with Gasteiger partial charge in [0.25, 0.3) is 0 Å². The molecule has 5 atom stereocenters.